The van der Waals surface area contributed by atoms with Crippen LogP contribution in [-0.2, 0) is 17.7 Å². The third-order valence-corrected chi connectivity index (χ3v) is 4.01. The van der Waals surface area contributed by atoms with Crippen molar-refractivity contribution in [2.24, 2.45) is 0 Å². The van der Waals surface area contributed by atoms with Gasteiger partial charge in [-0.3, -0.25) is 4.90 Å². The first-order valence-corrected chi connectivity index (χ1v) is 7.51. The van der Waals surface area contributed by atoms with Gasteiger partial charge in [-0.15, -0.1) is 11.3 Å². The number of aryl methyl sites for hydroxylation is 1. The summed E-state index contributed by atoms with van der Waals surface area (Å²) in [6.07, 6.45) is 2.35. The number of aliphatic hydroxyl groups excluding tert-OH is 1. The van der Waals surface area contributed by atoms with E-state index in [1.807, 2.05) is 0 Å². The Morgan fingerprint density at radius 2 is 2.39 bits per heavy atom. The van der Waals surface area contributed by atoms with Crippen LogP contribution >= 0.6 is 11.3 Å². The fourth-order valence-electron chi connectivity index (χ4n) is 2.35. The highest BCUT2D eigenvalue weighted by Crippen LogP contribution is 2.17. The van der Waals surface area contributed by atoms with Gasteiger partial charge in [0.1, 0.15) is 0 Å². The van der Waals surface area contributed by atoms with Crippen molar-refractivity contribution in [1.82, 2.24) is 9.88 Å². The molecule has 0 aromatic carbocycles. The molecular formula is C13H22N2O2S. The van der Waals surface area contributed by atoms with Crippen molar-refractivity contribution in [3.63, 3.8) is 0 Å². The average Bonchev–Trinajstić information content (AvgIpc) is 2.76. The largest absolute Gasteiger partial charge is 0.394 e. The van der Waals surface area contributed by atoms with Crippen molar-refractivity contribution >= 4 is 11.3 Å². The fraction of sp³-hybridized carbons (Fsp3) is 0.769. The molecule has 1 aromatic heterocycles. The minimum absolute atomic E-state index is 0.0532. The Morgan fingerprint density at radius 3 is 3.11 bits per heavy atom. The van der Waals surface area contributed by atoms with Crippen molar-refractivity contribution in [2.45, 2.75) is 45.4 Å². The Kier molecular flexibility index (Phi) is 5.12. The van der Waals surface area contributed by atoms with Crippen LogP contribution in [0.4, 0.5) is 0 Å². The lowest BCUT2D eigenvalue weighted by molar-refractivity contribution is -0.0974. The molecular weight excluding hydrogens is 248 g/mol. The van der Waals surface area contributed by atoms with E-state index < -0.39 is 0 Å². The van der Waals surface area contributed by atoms with Crippen LogP contribution in [0.5, 0.6) is 0 Å². The minimum Gasteiger partial charge on any atom is -0.394 e. The van der Waals surface area contributed by atoms with Crippen LogP contribution in [-0.4, -0.2) is 46.9 Å². The van der Waals surface area contributed by atoms with E-state index >= 15 is 0 Å². The highest BCUT2D eigenvalue weighted by atomic mass is 32.1. The van der Waals surface area contributed by atoms with Gasteiger partial charge in [0, 0.05) is 25.0 Å². The number of nitrogens with zero attached hydrogens (tertiary/aromatic N) is 2. The first kappa shape index (κ1) is 13.9. The van der Waals surface area contributed by atoms with E-state index in [0.717, 1.165) is 38.2 Å². The van der Waals surface area contributed by atoms with Gasteiger partial charge < -0.3 is 9.84 Å². The van der Waals surface area contributed by atoms with Crippen LogP contribution in [0.25, 0.3) is 0 Å². The molecule has 1 aromatic rings. The number of aromatic nitrogens is 1. The van der Waals surface area contributed by atoms with Crippen LogP contribution in [0.2, 0.25) is 0 Å². The van der Waals surface area contributed by atoms with Gasteiger partial charge >= 0.3 is 0 Å². The molecule has 0 amide bonds. The smallest absolute Gasteiger partial charge is 0.0936 e. The van der Waals surface area contributed by atoms with E-state index in [9.17, 15) is 5.11 Å². The summed E-state index contributed by atoms with van der Waals surface area (Å²) in [7, 11) is 0. The number of morpholine rings is 1. The molecule has 1 fully saturated rings. The van der Waals surface area contributed by atoms with Crippen molar-refractivity contribution in [3.05, 3.63) is 16.1 Å². The second kappa shape index (κ2) is 6.61. The van der Waals surface area contributed by atoms with E-state index in [0.29, 0.717) is 0 Å². The summed E-state index contributed by atoms with van der Waals surface area (Å²) in [6.45, 7) is 6.90. The lowest BCUT2D eigenvalue weighted by atomic mass is 10.2. The molecule has 0 saturated carbocycles. The van der Waals surface area contributed by atoms with E-state index in [2.05, 4.69) is 29.1 Å². The van der Waals surface area contributed by atoms with Gasteiger partial charge in [0.25, 0.3) is 0 Å². The number of hydrogen-bond acceptors (Lipinski definition) is 5. The Balaban J connectivity index is 1.91. The molecule has 102 valence electrons. The monoisotopic (exact) mass is 270 g/mol. The Bertz CT molecular complexity index is 370. The van der Waals surface area contributed by atoms with Gasteiger partial charge in [0.05, 0.1) is 29.5 Å². The van der Waals surface area contributed by atoms with Crippen LogP contribution in [0.3, 0.4) is 0 Å². The first-order chi connectivity index (χ1) is 8.71. The summed E-state index contributed by atoms with van der Waals surface area (Å²) in [5, 5.41) is 12.6. The molecule has 2 heterocycles. The second-order valence-corrected chi connectivity index (χ2v) is 5.87. The van der Waals surface area contributed by atoms with Crippen LogP contribution in [0.1, 0.15) is 31.0 Å². The van der Waals surface area contributed by atoms with Crippen LogP contribution in [0.15, 0.2) is 5.38 Å². The molecule has 1 aliphatic heterocycles. The molecule has 1 N–H and O–H groups in total. The van der Waals surface area contributed by atoms with Crippen molar-refractivity contribution in [3.8, 4) is 0 Å². The molecule has 2 unspecified atom stereocenters. The number of aliphatic hydroxyl groups is 1. The number of hydrogen-bond donors (Lipinski definition) is 1. The number of rotatable bonds is 5. The zero-order valence-electron chi connectivity index (χ0n) is 11.1. The van der Waals surface area contributed by atoms with Crippen LogP contribution < -0.4 is 0 Å². The fourth-order valence-corrected chi connectivity index (χ4v) is 3.24. The third-order valence-electron chi connectivity index (χ3n) is 3.05. The van der Waals surface area contributed by atoms with E-state index in [1.54, 1.807) is 11.3 Å². The molecule has 2 atom stereocenters. The van der Waals surface area contributed by atoms with Crippen molar-refractivity contribution in [2.75, 3.05) is 19.7 Å². The molecule has 5 heteroatoms. The highest BCUT2D eigenvalue weighted by Gasteiger charge is 2.25. The minimum atomic E-state index is -0.0532. The molecule has 4 nitrogen and oxygen atoms in total. The first-order valence-electron chi connectivity index (χ1n) is 6.63. The summed E-state index contributed by atoms with van der Waals surface area (Å²) in [5.74, 6) is 0. The molecule has 18 heavy (non-hydrogen) atoms. The van der Waals surface area contributed by atoms with E-state index in [4.69, 9.17) is 4.74 Å². The Labute approximate surface area is 113 Å². The summed E-state index contributed by atoms with van der Waals surface area (Å²) >= 11 is 1.75. The molecule has 1 saturated heterocycles. The second-order valence-electron chi connectivity index (χ2n) is 4.93. The van der Waals surface area contributed by atoms with Gasteiger partial charge in [-0.05, 0) is 19.8 Å². The molecule has 0 spiro atoms. The van der Waals surface area contributed by atoms with Gasteiger partial charge in [-0.1, -0.05) is 6.92 Å². The number of thiazole rings is 1. The molecule has 0 radical (unpaired) electrons. The lowest BCUT2D eigenvalue weighted by Gasteiger charge is -2.35. The van der Waals surface area contributed by atoms with Gasteiger partial charge in [0.15, 0.2) is 0 Å². The molecule has 0 aliphatic carbocycles. The van der Waals surface area contributed by atoms with E-state index in [1.165, 1.54) is 5.01 Å². The standard InChI is InChI=1S/C13H22N2O2S/c1-3-4-13-14-11(9-18-13)6-15-5-10(2)17-12(7-15)8-16/h9-10,12,16H,3-8H2,1-2H3. The molecule has 2 rings (SSSR count). The molecule has 1 aliphatic rings. The zero-order chi connectivity index (χ0) is 13.0. The van der Waals surface area contributed by atoms with Gasteiger partial charge in [-0.25, -0.2) is 4.98 Å². The average molecular weight is 270 g/mol. The number of ether oxygens (including phenoxy) is 1. The third kappa shape index (κ3) is 3.75. The predicted octanol–water partition coefficient (Wildman–Crippen LogP) is 1.68. The maximum absolute atomic E-state index is 9.20. The maximum Gasteiger partial charge on any atom is 0.0936 e. The summed E-state index contributed by atoms with van der Waals surface area (Å²) in [6, 6.07) is 0. The summed E-state index contributed by atoms with van der Waals surface area (Å²) in [4.78, 5) is 6.96. The predicted molar refractivity (Wildman–Crippen MR) is 72.8 cm³/mol. The van der Waals surface area contributed by atoms with Crippen molar-refractivity contribution < 1.29 is 9.84 Å². The topological polar surface area (TPSA) is 45.6 Å². The maximum atomic E-state index is 9.20. The van der Waals surface area contributed by atoms with Gasteiger partial charge in [0.2, 0.25) is 0 Å². The van der Waals surface area contributed by atoms with Gasteiger partial charge in [-0.2, -0.15) is 0 Å². The SMILES string of the molecule is CCCc1nc(CN2CC(C)OC(CO)C2)cs1. The molecule has 0 bridgehead atoms. The highest BCUT2D eigenvalue weighted by molar-refractivity contribution is 7.09. The quantitative estimate of drug-likeness (QED) is 0.884. The van der Waals surface area contributed by atoms with Crippen LogP contribution in [0, 0.1) is 0 Å². The Hall–Kier alpha value is -0.490. The lowest BCUT2D eigenvalue weighted by Crippen LogP contribution is -2.47. The van der Waals surface area contributed by atoms with E-state index in [-0.39, 0.29) is 18.8 Å². The summed E-state index contributed by atoms with van der Waals surface area (Å²) < 4.78 is 5.64. The van der Waals surface area contributed by atoms with Crippen molar-refractivity contribution in [1.29, 1.82) is 0 Å². The zero-order valence-corrected chi connectivity index (χ0v) is 11.9. The normalized spacial score (nSPS) is 25.5. The summed E-state index contributed by atoms with van der Waals surface area (Å²) in [5.41, 5.74) is 1.15. The Morgan fingerprint density at radius 1 is 1.56 bits per heavy atom.